The Kier molecular flexibility index (Phi) is 4.56. The predicted octanol–water partition coefficient (Wildman–Crippen LogP) is 3.93. The van der Waals surface area contributed by atoms with Crippen LogP contribution < -0.4 is 4.74 Å². The fourth-order valence-corrected chi connectivity index (χ4v) is 2.02. The number of pyridine rings is 1. The van der Waals surface area contributed by atoms with E-state index in [-0.39, 0.29) is 28.3 Å². The van der Waals surface area contributed by atoms with E-state index in [1.807, 2.05) is 0 Å². The van der Waals surface area contributed by atoms with Crippen LogP contribution in [-0.2, 0) is 11.2 Å². The molecule has 2 rings (SSSR count). The quantitative estimate of drug-likeness (QED) is 0.862. The second-order valence-corrected chi connectivity index (χ2v) is 4.65. The molecule has 0 fully saturated rings. The van der Waals surface area contributed by atoms with Crippen LogP contribution in [0.2, 0.25) is 5.15 Å². The van der Waals surface area contributed by atoms with Crippen molar-refractivity contribution in [2.24, 2.45) is 0 Å². The molecule has 0 radical (unpaired) electrons. The molecule has 2 aromatic rings. The molecule has 4 nitrogen and oxygen atoms in total. The first-order valence-corrected chi connectivity index (χ1v) is 6.35. The number of halogens is 4. The average Bonchev–Trinajstić information content (AvgIpc) is 2.40. The standard InChI is InChI=1S/C14H9ClF3NO3/c15-13-8(6-12(20)21)5-9(7-19-13)10-3-1-2-4-11(10)22-14(16,17)18/h1-5,7H,6H2,(H,20,21). The predicted molar refractivity (Wildman–Crippen MR) is 72.7 cm³/mol. The molecule has 1 heterocycles. The van der Waals surface area contributed by atoms with Gasteiger partial charge in [0.25, 0.3) is 0 Å². The first-order chi connectivity index (χ1) is 10.3. The molecular formula is C14H9ClF3NO3. The summed E-state index contributed by atoms with van der Waals surface area (Å²) in [5.41, 5.74) is 0.615. The zero-order chi connectivity index (χ0) is 16.3. The topological polar surface area (TPSA) is 59.4 Å². The van der Waals surface area contributed by atoms with E-state index in [0.717, 1.165) is 6.07 Å². The monoisotopic (exact) mass is 331 g/mol. The van der Waals surface area contributed by atoms with Crippen molar-refractivity contribution in [1.29, 1.82) is 0 Å². The number of aromatic nitrogens is 1. The van der Waals surface area contributed by atoms with Crippen molar-refractivity contribution < 1.29 is 27.8 Å². The summed E-state index contributed by atoms with van der Waals surface area (Å²) in [5, 5.41) is 8.79. The Balaban J connectivity index is 2.46. The summed E-state index contributed by atoms with van der Waals surface area (Å²) < 4.78 is 41.2. The van der Waals surface area contributed by atoms with Gasteiger partial charge in [0.1, 0.15) is 10.9 Å². The highest BCUT2D eigenvalue weighted by molar-refractivity contribution is 6.30. The van der Waals surface area contributed by atoms with Crippen LogP contribution in [0.4, 0.5) is 13.2 Å². The Hall–Kier alpha value is -2.28. The molecule has 0 spiro atoms. The summed E-state index contributed by atoms with van der Waals surface area (Å²) in [6.07, 6.45) is -3.96. The first-order valence-electron chi connectivity index (χ1n) is 5.97. The van der Waals surface area contributed by atoms with Gasteiger partial charge in [-0.25, -0.2) is 4.98 Å². The van der Waals surface area contributed by atoms with Crippen molar-refractivity contribution in [1.82, 2.24) is 4.98 Å². The zero-order valence-electron chi connectivity index (χ0n) is 10.9. The number of nitrogens with zero attached hydrogens (tertiary/aromatic N) is 1. The van der Waals surface area contributed by atoms with Crippen LogP contribution in [0.1, 0.15) is 5.56 Å². The van der Waals surface area contributed by atoms with E-state index in [1.54, 1.807) is 0 Å². The summed E-state index contributed by atoms with van der Waals surface area (Å²) >= 11 is 5.79. The number of para-hydroxylation sites is 1. The number of benzene rings is 1. The Bertz CT molecular complexity index is 704. The Morgan fingerprint density at radius 1 is 1.32 bits per heavy atom. The molecular weight excluding hydrogens is 323 g/mol. The molecule has 0 amide bonds. The van der Waals surface area contributed by atoms with Gasteiger partial charge in [-0.3, -0.25) is 4.79 Å². The van der Waals surface area contributed by atoms with Crippen molar-refractivity contribution in [3.8, 4) is 16.9 Å². The molecule has 1 aromatic carbocycles. The SMILES string of the molecule is O=C(O)Cc1cc(-c2ccccc2OC(F)(F)F)cnc1Cl. The minimum Gasteiger partial charge on any atom is -0.481 e. The van der Waals surface area contributed by atoms with Crippen molar-refractivity contribution in [2.45, 2.75) is 12.8 Å². The fraction of sp³-hybridized carbons (Fsp3) is 0.143. The normalized spacial score (nSPS) is 11.3. The van der Waals surface area contributed by atoms with E-state index in [1.165, 1.54) is 30.5 Å². The molecule has 0 saturated carbocycles. The molecule has 1 aromatic heterocycles. The number of hydrogen-bond acceptors (Lipinski definition) is 3. The number of ether oxygens (including phenoxy) is 1. The summed E-state index contributed by atoms with van der Waals surface area (Å²) in [5.74, 6) is -1.53. The smallest absolute Gasteiger partial charge is 0.481 e. The molecule has 0 aliphatic carbocycles. The Morgan fingerprint density at radius 3 is 2.64 bits per heavy atom. The lowest BCUT2D eigenvalue weighted by atomic mass is 10.0. The maximum absolute atomic E-state index is 12.4. The molecule has 116 valence electrons. The summed E-state index contributed by atoms with van der Waals surface area (Å²) in [7, 11) is 0. The minimum absolute atomic E-state index is 0.0135. The third-order valence-electron chi connectivity index (χ3n) is 2.68. The van der Waals surface area contributed by atoms with Crippen LogP contribution >= 0.6 is 11.6 Å². The van der Waals surface area contributed by atoms with Crippen molar-refractivity contribution in [2.75, 3.05) is 0 Å². The van der Waals surface area contributed by atoms with Gasteiger partial charge in [-0.15, -0.1) is 13.2 Å². The number of alkyl halides is 3. The van der Waals surface area contributed by atoms with Crippen LogP contribution in [0.15, 0.2) is 36.5 Å². The van der Waals surface area contributed by atoms with E-state index in [2.05, 4.69) is 9.72 Å². The number of carboxylic acid groups (broad SMARTS) is 1. The molecule has 22 heavy (non-hydrogen) atoms. The maximum atomic E-state index is 12.4. The molecule has 0 atom stereocenters. The molecule has 0 bridgehead atoms. The second-order valence-electron chi connectivity index (χ2n) is 4.29. The average molecular weight is 332 g/mol. The lowest BCUT2D eigenvalue weighted by molar-refractivity contribution is -0.274. The van der Waals surface area contributed by atoms with Gasteiger partial charge in [0.2, 0.25) is 0 Å². The largest absolute Gasteiger partial charge is 0.573 e. The molecule has 8 heteroatoms. The van der Waals surface area contributed by atoms with Gasteiger partial charge in [0, 0.05) is 22.9 Å². The van der Waals surface area contributed by atoms with Crippen molar-refractivity contribution >= 4 is 17.6 Å². The van der Waals surface area contributed by atoms with Gasteiger partial charge in [-0.1, -0.05) is 29.8 Å². The van der Waals surface area contributed by atoms with E-state index < -0.39 is 18.1 Å². The summed E-state index contributed by atoms with van der Waals surface area (Å²) in [6, 6.07) is 6.88. The molecule has 1 N–H and O–H groups in total. The van der Waals surface area contributed by atoms with Crippen LogP contribution in [0.25, 0.3) is 11.1 Å². The Morgan fingerprint density at radius 2 is 2.00 bits per heavy atom. The molecule has 0 aliphatic heterocycles. The van der Waals surface area contributed by atoms with Crippen LogP contribution in [0.5, 0.6) is 5.75 Å². The highest BCUT2D eigenvalue weighted by atomic mass is 35.5. The molecule has 0 saturated heterocycles. The van der Waals surface area contributed by atoms with E-state index >= 15 is 0 Å². The number of carboxylic acids is 1. The van der Waals surface area contributed by atoms with Crippen LogP contribution in [0.3, 0.4) is 0 Å². The van der Waals surface area contributed by atoms with Crippen LogP contribution in [-0.4, -0.2) is 22.4 Å². The third kappa shape index (κ3) is 4.11. The van der Waals surface area contributed by atoms with E-state index in [9.17, 15) is 18.0 Å². The van der Waals surface area contributed by atoms with Gasteiger partial charge in [0.05, 0.1) is 6.42 Å². The lowest BCUT2D eigenvalue weighted by Crippen LogP contribution is -2.17. The number of rotatable bonds is 4. The third-order valence-corrected chi connectivity index (χ3v) is 3.02. The number of carbonyl (C=O) groups is 1. The van der Waals surface area contributed by atoms with E-state index in [0.29, 0.717) is 0 Å². The highest BCUT2D eigenvalue weighted by Gasteiger charge is 2.32. The fourth-order valence-electron chi connectivity index (χ4n) is 1.85. The summed E-state index contributed by atoms with van der Waals surface area (Å²) in [4.78, 5) is 14.6. The lowest BCUT2D eigenvalue weighted by Gasteiger charge is -2.13. The van der Waals surface area contributed by atoms with Gasteiger partial charge < -0.3 is 9.84 Å². The zero-order valence-corrected chi connectivity index (χ0v) is 11.6. The maximum Gasteiger partial charge on any atom is 0.573 e. The van der Waals surface area contributed by atoms with Crippen LogP contribution in [0, 0.1) is 0 Å². The minimum atomic E-state index is -4.83. The summed E-state index contributed by atoms with van der Waals surface area (Å²) in [6.45, 7) is 0. The molecule has 0 aliphatic rings. The van der Waals surface area contributed by atoms with Gasteiger partial charge in [0.15, 0.2) is 0 Å². The Labute approximate surface area is 128 Å². The highest BCUT2D eigenvalue weighted by Crippen LogP contribution is 2.34. The van der Waals surface area contributed by atoms with Gasteiger partial charge in [-0.2, -0.15) is 0 Å². The first kappa shape index (κ1) is 16.1. The van der Waals surface area contributed by atoms with Gasteiger partial charge >= 0.3 is 12.3 Å². The van der Waals surface area contributed by atoms with Crippen molar-refractivity contribution in [3.63, 3.8) is 0 Å². The van der Waals surface area contributed by atoms with Crippen molar-refractivity contribution in [3.05, 3.63) is 47.2 Å². The number of aliphatic carboxylic acids is 1. The number of hydrogen-bond donors (Lipinski definition) is 1. The van der Waals surface area contributed by atoms with E-state index in [4.69, 9.17) is 16.7 Å². The second kappa shape index (κ2) is 6.23. The van der Waals surface area contributed by atoms with Gasteiger partial charge in [-0.05, 0) is 12.1 Å². The molecule has 0 unspecified atom stereocenters.